The summed E-state index contributed by atoms with van der Waals surface area (Å²) in [5, 5.41) is 4.03. The minimum atomic E-state index is -1.57. The van der Waals surface area contributed by atoms with E-state index in [0.717, 1.165) is 12.0 Å². The molecular weight excluding hydrogens is 430 g/mol. The largest absolute Gasteiger partial charge is 0.467 e. The molecule has 0 aliphatic rings. The van der Waals surface area contributed by atoms with Gasteiger partial charge < -0.3 is 14.8 Å². The van der Waals surface area contributed by atoms with Crippen LogP contribution in [-0.2, 0) is 27.1 Å². The highest BCUT2D eigenvalue weighted by Gasteiger charge is 2.26. The van der Waals surface area contributed by atoms with Crippen LogP contribution in [0.1, 0.15) is 43.9 Å². The third-order valence-electron chi connectivity index (χ3n) is 5.74. The van der Waals surface area contributed by atoms with Crippen LogP contribution >= 0.6 is 0 Å². The Labute approximate surface area is 199 Å². The molecule has 1 amide bonds. The van der Waals surface area contributed by atoms with E-state index in [4.69, 9.17) is 9.47 Å². The minimum absolute atomic E-state index is 0.349. The van der Waals surface area contributed by atoms with Crippen molar-refractivity contribution in [2.24, 2.45) is 0 Å². The van der Waals surface area contributed by atoms with Crippen LogP contribution in [-0.4, -0.2) is 38.9 Å². The van der Waals surface area contributed by atoms with Gasteiger partial charge in [-0.3, -0.25) is 0 Å². The average Bonchev–Trinajstić information content (AvgIpc) is 2.73. The number of hydrogen-bond acceptors (Lipinski definition) is 4. The van der Waals surface area contributed by atoms with E-state index in [1.165, 1.54) is 35.9 Å². The van der Waals surface area contributed by atoms with Gasteiger partial charge in [-0.05, 0) is 45.2 Å². The van der Waals surface area contributed by atoms with Gasteiger partial charge in [0.05, 0.1) is 15.2 Å². The molecule has 0 radical (unpaired) electrons. The Morgan fingerprint density at radius 1 is 0.970 bits per heavy atom. The number of nitrogens with one attached hydrogen (secondary N) is 1. The monoisotopic (exact) mass is 469 g/mol. The van der Waals surface area contributed by atoms with Crippen LogP contribution < -0.4 is 10.5 Å². The molecule has 6 heteroatoms. The molecular formula is C27H39NO4Si. The average molecular weight is 470 g/mol. The van der Waals surface area contributed by atoms with Crippen LogP contribution in [0.25, 0.3) is 0 Å². The Kier molecular flexibility index (Phi) is 9.29. The number of esters is 1. The van der Waals surface area contributed by atoms with E-state index < -0.39 is 31.8 Å². The Bertz CT molecular complexity index is 915. The Balaban J connectivity index is 1.98. The first-order valence-corrected chi connectivity index (χ1v) is 14.8. The molecule has 1 N–H and O–H groups in total. The number of carbonyl (C=O) groups excluding carboxylic acids is 2. The van der Waals surface area contributed by atoms with Crippen LogP contribution in [0.4, 0.5) is 4.79 Å². The first kappa shape index (κ1) is 26.6. The number of hydrogen-bond donors (Lipinski definition) is 1. The zero-order chi connectivity index (χ0) is 24.6. The lowest BCUT2D eigenvalue weighted by molar-refractivity contribution is -0.143. The Hall–Kier alpha value is -2.60. The van der Waals surface area contributed by atoms with Gasteiger partial charge in [0, 0.05) is 6.42 Å². The van der Waals surface area contributed by atoms with Crippen molar-refractivity contribution in [1.29, 1.82) is 0 Å². The first-order valence-electron chi connectivity index (χ1n) is 11.6. The summed E-state index contributed by atoms with van der Waals surface area (Å²) in [5.41, 5.74) is 3.02. The summed E-state index contributed by atoms with van der Waals surface area (Å²) in [6.45, 7) is 12.3. The van der Waals surface area contributed by atoms with Gasteiger partial charge in [-0.1, -0.05) is 84.8 Å². The molecule has 0 fully saturated rings. The summed E-state index contributed by atoms with van der Waals surface area (Å²) in [7, 11) is -0.251. The number of alkyl carbamates (subject to hydrolysis) is 1. The molecule has 0 heterocycles. The van der Waals surface area contributed by atoms with E-state index in [1.807, 2.05) is 0 Å². The van der Waals surface area contributed by atoms with Crippen molar-refractivity contribution in [3.05, 3.63) is 65.2 Å². The summed E-state index contributed by atoms with van der Waals surface area (Å²) in [6, 6.07) is 17.7. The summed E-state index contributed by atoms with van der Waals surface area (Å²) < 4.78 is 10.2. The molecule has 180 valence electrons. The molecule has 0 aromatic heterocycles. The lowest BCUT2D eigenvalue weighted by Gasteiger charge is -2.24. The maximum Gasteiger partial charge on any atom is 0.408 e. The lowest BCUT2D eigenvalue weighted by atomic mass is 10.1. The van der Waals surface area contributed by atoms with Crippen LogP contribution in [0.5, 0.6) is 0 Å². The van der Waals surface area contributed by atoms with Crippen molar-refractivity contribution in [3.8, 4) is 0 Å². The van der Waals surface area contributed by atoms with Gasteiger partial charge in [0.1, 0.15) is 11.6 Å². The third-order valence-corrected chi connectivity index (χ3v) is 9.24. The maximum absolute atomic E-state index is 12.2. The van der Waals surface area contributed by atoms with E-state index in [-0.39, 0.29) is 0 Å². The molecule has 0 saturated heterocycles. The number of rotatable bonds is 9. The number of benzene rings is 2. The normalized spacial score (nSPS) is 12.7. The van der Waals surface area contributed by atoms with Crippen molar-refractivity contribution in [1.82, 2.24) is 5.32 Å². The van der Waals surface area contributed by atoms with Gasteiger partial charge in [-0.2, -0.15) is 0 Å². The molecule has 0 bridgehead atoms. The smallest absolute Gasteiger partial charge is 0.408 e. The Morgan fingerprint density at radius 3 is 2.09 bits per heavy atom. The van der Waals surface area contributed by atoms with Crippen molar-refractivity contribution in [2.45, 2.75) is 77.7 Å². The number of carbonyl (C=O) groups is 2. The van der Waals surface area contributed by atoms with Gasteiger partial charge >= 0.3 is 12.1 Å². The zero-order valence-corrected chi connectivity index (χ0v) is 22.2. The van der Waals surface area contributed by atoms with E-state index in [9.17, 15) is 9.59 Å². The highest BCUT2D eigenvalue weighted by atomic mass is 28.3. The number of ether oxygens (including phenoxy) is 2. The van der Waals surface area contributed by atoms with Gasteiger partial charge in [-0.15, -0.1) is 0 Å². The number of aryl methyl sites for hydroxylation is 2. The quantitative estimate of drug-likeness (QED) is 0.407. The SMILES string of the molecule is COC(=O)[C@H](Cc1ccc([Si](C)(C)CCCc2ccc(C)cc2)cc1)NC(=O)OC(C)(C)C. The van der Waals surface area contributed by atoms with Crippen molar-refractivity contribution >= 4 is 25.3 Å². The van der Waals surface area contributed by atoms with Gasteiger partial charge in [0.2, 0.25) is 0 Å². The van der Waals surface area contributed by atoms with Gasteiger partial charge in [-0.25, -0.2) is 9.59 Å². The van der Waals surface area contributed by atoms with E-state index in [0.29, 0.717) is 6.42 Å². The summed E-state index contributed by atoms with van der Waals surface area (Å²) in [5.74, 6) is -0.490. The molecule has 33 heavy (non-hydrogen) atoms. The maximum atomic E-state index is 12.2. The van der Waals surface area contributed by atoms with Crippen LogP contribution in [0.2, 0.25) is 19.1 Å². The molecule has 0 saturated carbocycles. The van der Waals surface area contributed by atoms with Crippen molar-refractivity contribution < 1.29 is 19.1 Å². The third kappa shape index (κ3) is 9.04. The molecule has 0 aliphatic heterocycles. The standard InChI is InChI=1S/C27H39NO4Si/c1-20-10-12-21(13-11-20)9-8-18-33(6,7)23-16-14-22(15-17-23)19-24(25(29)31-5)28-26(30)32-27(2,3)4/h10-17,24H,8-9,18-19H2,1-7H3,(H,28,30)/t24-/m0/s1. The second-order valence-corrected chi connectivity index (χ2v) is 15.2. The summed E-state index contributed by atoms with van der Waals surface area (Å²) in [6.07, 6.45) is 2.00. The van der Waals surface area contributed by atoms with Gasteiger partial charge in [0.25, 0.3) is 0 Å². The van der Waals surface area contributed by atoms with Crippen molar-refractivity contribution in [3.63, 3.8) is 0 Å². The van der Waals surface area contributed by atoms with Crippen molar-refractivity contribution in [2.75, 3.05) is 7.11 Å². The number of amides is 1. The molecule has 0 aliphatic carbocycles. The fraction of sp³-hybridized carbons (Fsp3) is 0.481. The fourth-order valence-corrected chi connectivity index (χ4v) is 6.16. The molecule has 2 aromatic rings. The predicted molar refractivity (Wildman–Crippen MR) is 137 cm³/mol. The van der Waals surface area contributed by atoms with Crippen LogP contribution in [0, 0.1) is 6.92 Å². The summed E-state index contributed by atoms with van der Waals surface area (Å²) in [4.78, 5) is 24.4. The molecule has 1 atom stereocenters. The van der Waals surface area contributed by atoms with E-state index in [2.05, 4.69) is 73.9 Å². The number of methoxy groups -OCH3 is 1. The molecule has 0 spiro atoms. The molecule has 0 unspecified atom stereocenters. The minimum Gasteiger partial charge on any atom is -0.467 e. The van der Waals surface area contributed by atoms with E-state index >= 15 is 0 Å². The molecule has 5 nitrogen and oxygen atoms in total. The Morgan fingerprint density at radius 2 is 1.55 bits per heavy atom. The summed E-state index contributed by atoms with van der Waals surface area (Å²) >= 11 is 0. The second kappa shape index (κ2) is 11.5. The fourth-order valence-electron chi connectivity index (χ4n) is 3.75. The molecule has 2 aromatic carbocycles. The van der Waals surface area contributed by atoms with Crippen LogP contribution in [0.15, 0.2) is 48.5 Å². The second-order valence-electron chi connectivity index (χ2n) is 10.3. The van der Waals surface area contributed by atoms with Gasteiger partial charge in [0.15, 0.2) is 0 Å². The van der Waals surface area contributed by atoms with Crippen LogP contribution in [0.3, 0.4) is 0 Å². The highest BCUT2D eigenvalue weighted by Crippen LogP contribution is 2.17. The zero-order valence-electron chi connectivity index (χ0n) is 21.2. The predicted octanol–water partition coefficient (Wildman–Crippen LogP) is 5.15. The molecule has 2 rings (SSSR count). The van der Waals surface area contributed by atoms with E-state index in [1.54, 1.807) is 20.8 Å². The topological polar surface area (TPSA) is 64.6 Å². The first-order chi connectivity index (χ1) is 15.4. The lowest BCUT2D eigenvalue weighted by Crippen LogP contribution is -2.45. The highest BCUT2D eigenvalue weighted by molar-refractivity contribution is 6.89.